The summed E-state index contributed by atoms with van der Waals surface area (Å²) >= 11 is 0. The maximum Gasteiger partial charge on any atom is 0.460 e. The molecule has 2 nitrogen and oxygen atoms in total. The minimum absolute atomic E-state index is 0.176. The van der Waals surface area contributed by atoms with Crippen LogP contribution in [0.15, 0.2) is 24.8 Å². The molecule has 0 atom stereocenters. The van der Waals surface area contributed by atoms with Gasteiger partial charge in [-0.3, -0.25) is 0 Å². The van der Waals surface area contributed by atoms with Gasteiger partial charge in [0.05, 0.1) is 0 Å². The van der Waals surface area contributed by atoms with Gasteiger partial charge < -0.3 is 5.11 Å². The van der Waals surface area contributed by atoms with Crippen LogP contribution in [0.5, 0.6) is 0 Å². The number of allylic oxidation sites excluding steroid dienone is 1. The van der Waals surface area contributed by atoms with E-state index in [9.17, 15) is 61.9 Å². The summed E-state index contributed by atoms with van der Waals surface area (Å²) in [6.45, 7) is 6.49. The lowest BCUT2D eigenvalue weighted by atomic mass is 9.94. The highest BCUT2D eigenvalue weighted by atomic mass is 19.4. The van der Waals surface area contributed by atoms with Crippen LogP contribution in [-0.4, -0.2) is 46.9 Å². The van der Waals surface area contributed by atoms with Gasteiger partial charge in [0, 0.05) is 5.57 Å². The number of carboxylic acid groups (broad SMARTS) is 1. The lowest BCUT2D eigenvalue weighted by molar-refractivity contribution is -0.436. The van der Waals surface area contributed by atoms with Gasteiger partial charge in [-0.15, -0.1) is 0 Å². The third-order valence-corrected chi connectivity index (χ3v) is 2.58. The van der Waals surface area contributed by atoms with Crippen molar-refractivity contribution in [1.29, 1.82) is 0 Å². The van der Waals surface area contributed by atoms with Gasteiger partial charge in [0.25, 0.3) is 0 Å². The summed E-state index contributed by atoms with van der Waals surface area (Å²) < 4.78 is 160. The fraction of sp³-hybridized carbons (Fsp3) is 0.583. The number of alkyl halides is 13. The SMILES string of the molecule is C=C(C)C(=O)O.C=CC(F)(F)C(F)(F)C(F)(F)C(F)(F)C(F)(F)C(F)(F)F. The van der Waals surface area contributed by atoms with Gasteiger partial charge in [0.2, 0.25) is 0 Å². The number of rotatable bonds is 6. The van der Waals surface area contributed by atoms with Crippen LogP contribution in [-0.2, 0) is 4.79 Å². The quantitative estimate of drug-likeness (QED) is 0.339. The van der Waals surface area contributed by atoms with E-state index in [1.807, 2.05) is 6.58 Å². The Bertz CT molecular complexity index is 562. The highest BCUT2D eigenvalue weighted by Gasteiger charge is 2.90. The molecule has 0 aliphatic rings. The molecule has 0 aliphatic heterocycles. The van der Waals surface area contributed by atoms with Crippen molar-refractivity contribution < 1.29 is 67.0 Å². The van der Waals surface area contributed by atoms with Crippen LogP contribution < -0.4 is 0 Å². The molecule has 0 spiro atoms. The van der Waals surface area contributed by atoms with Gasteiger partial charge in [-0.1, -0.05) is 13.2 Å². The molecule has 0 saturated heterocycles. The number of hydrogen-bond acceptors (Lipinski definition) is 1. The van der Waals surface area contributed by atoms with Crippen LogP contribution in [0.1, 0.15) is 6.92 Å². The summed E-state index contributed by atoms with van der Waals surface area (Å²) in [7, 11) is 0. The van der Waals surface area contributed by atoms with Crippen LogP contribution in [0, 0.1) is 0 Å². The van der Waals surface area contributed by atoms with E-state index in [-0.39, 0.29) is 5.57 Å². The summed E-state index contributed by atoms with van der Waals surface area (Å²) in [4.78, 5) is 9.60. The number of halogens is 13. The standard InChI is InChI=1S/C8H3F13.C4H6O2/c1-2-3(9,10)4(11,12)5(13,14)6(15,16)7(17,18)8(19,20)21;1-3(2)4(5)6/h2H,1H2;1H2,2H3,(H,5,6). The maximum atomic E-state index is 12.7. The first-order valence-corrected chi connectivity index (χ1v) is 5.93. The zero-order valence-corrected chi connectivity index (χ0v) is 12.8. The van der Waals surface area contributed by atoms with E-state index in [1.165, 1.54) is 6.92 Å². The zero-order chi connectivity index (χ0) is 22.9. The third-order valence-electron chi connectivity index (χ3n) is 2.58. The van der Waals surface area contributed by atoms with Gasteiger partial charge in [-0.05, 0) is 13.0 Å². The van der Waals surface area contributed by atoms with Crippen molar-refractivity contribution in [2.24, 2.45) is 0 Å². The van der Waals surface area contributed by atoms with E-state index < -0.39 is 47.8 Å². The predicted octanol–water partition coefficient (Wildman–Crippen LogP) is 5.56. The number of hydrogen-bond donors (Lipinski definition) is 1. The van der Waals surface area contributed by atoms with Crippen LogP contribution >= 0.6 is 0 Å². The average Bonchev–Trinajstić information content (AvgIpc) is 2.45. The topological polar surface area (TPSA) is 37.3 Å². The Hall–Kier alpha value is -1.96. The summed E-state index contributed by atoms with van der Waals surface area (Å²) in [5.41, 5.74) is 0.176. The predicted molar refractivity (Wildman–Crippen MR) is 63.4 cm³/mol. The fourth-order valence-corrected chi connectivity index (χ4v) is 0.910. The molecule has 0 unspecified atom stereocenters. The van der Waals surface area contributed by atoms with E-state index in [4.69, 9.17) is 5.11 Å². The van der Waals surface area contributed by atoms with Crippen molar-refractivity contribution in [2.45, 2.75) is 42.7 Å². The highest BCUT2D eigenvalue weighted by molar-refractivity contribution is 5.84. The van der Waals surface area contributed by atoms with Crippen molar-refractivity contribution >= 4 is 5.97 Å². The minimum atomic E-state index is -7.85. The first-order chi connectivity index (χ1) is 11.5. The van der Waals surface area contributed by atoms with Crippen molar-refractivity contribution in [2.75, 3.05) is 0 Å². The Balaban J connectivity index is 0. The Labute approximate surface area is 141 Å². The Morgan fingerprint density at radius 2 is 1.00 bits per heavy atom. The first-order valence-electron chi connectivity index (χ1n) is 5.93. The van der Waals surface area contributed by atoms with Gasteiger partial charge in [0.15, 0.2) is 0 Å². The van der Waals surface area contributed by atoms with Gasteiger partial charge in [-0.2, -0.15) is 57.1 Å². The lowest BCUT2D eigenvalue weighted by Crippen LogP contribution is -2.69. The van der Waals surface area contributed by atoms with E-state index in [0.29, 0.717) is 0 Å². The van der Waals surface area contributed by atoms with E-state index in [2.05, 4.69) is 6.58 Å². The van der Waals surface area contributed by atoms with Crippen molar-refractivity contribution in [1.82, 2.24) is 0 Å². The Morgan fingerprint density at radius 3 is 1.19 bits per heavy atom. The van der Waals surface area contributed by atoms with E-state index >= 15 is 0 Å². The second kappa shape index (κ2) is 7.58. The molecule has 1 N–H and O–H groups in total. The molecule has 0 fully saturated rings. The summed E-state index contributed by atoms with van der Waals surface area (Å²) in [6.07, 6.45) is -8.68. The normalized spacial score (nSPS) is 14.1. The molecular formula is C12H9F13O2. The second-order valence-corrected chi connectivity index (χ2v) is 4.71. The van der Waals surface area contributed by atoms with Crippen LogP contribution in [0.25, 0.3) is 0 Å². The smallest absolute Gasteiger partial charge is 0.460 e. The Morgan fingerprint density at radius 1 is 0.741 bits per heavy atom. The maximum absolute atomic E-state index is 12.7. The first kappa shape index (κ1) is 27.3. The van der Waals surface area contributed by atoms with Gasteiger partial charge in [0.1, 0.15) is 0 Å². The monoisotopic (exact) mass is 432 g/mol. The third kappa shape index (κ3) is 4.66. The number of carbonyl (C=O) groups is 1. The van der Waals surface area contributed by atoms with Crippen molar-refractivity contribution in [3.05, 3.63) is 24.8 Å². The van der Waals surface area contributed by atoms with Crippen LogP contribution in [0.3, 0.4) is 0 Å². The van der Waals surface area contributed by atoms with Crippen molar-refractivity contribution in [3.63, 3.8) is 0 Å². The van der Waals surface area contributed by atoms with Gasteiger partial charge >= 0.3 is 41.8 Å². The molecule has 0 bridgehead atoms. The second-order valence-electron chi connectivity index (χ2n) is 4.71. The molecule has 160 valence electrons. The molecule has 15 heteroatoms. The highest BCUT2D eigenvalue weighted by Crippen LogP contribution is 2.60. The summed E-state index contributed by atoms with van der Waals surface area (Å²) in [6, 6.07) is 0. The van der Waals surface area contributed by atoms with Gasteiger partial charge in [-0.25, -0.2) is 4.79 Å². The molecular weight excluding hydrogens is 423 g/mol. The summed E-state index contributed by atoms with van der Waals surface area (Å²) in [5.74, 6) is -37.7. The lowest BCUT2D eigenvalue weighted by Gasteiger charge is -2.38. The Kier molecular flexibility index (Phi) is 7.65. The molecule has 0 heterocycles. The van der Waals surface area contributed by atoms with E-state index in [1.54, 1.807) is 0 Å². The molecule has 0 aromatic carbocycles. The molecule has 0 saturated carbocycles. The molecule has 0 radical (unpaired) electrons. The average molecular weight is 432 g/mol. The molecule has 0 amide bonds. The molecule has 0 aliphatic carbocycles. The van der Waals surface area contributed by atoms with Crippen LogP contribution in [0.2, 0.25) is 0 Å². The largest absolute Gasteiger partial charge is 0.478 e. The number of aliphatic carboxylic acids is 1. The molecule has 27 heavy (non-hydrogen) atoms. The minimum Gasteiger partial charge on any atom is -0.478 e. The van der Waals surface area contributed by atoms with Crippen LogP contribution in [0.4, 0.5) is 57.1 Å². The molecule has 0 aromatic rings. The fourth-order valence-electron chi connectivity index (χ4n) is 0.910. The number of carboxylic acids is 1. The zero-order valence-electron chi connectivity index (χ0n) is 12.8. The molecule has 0 aromatic heterocycles. The molecule has 0 rings (SSSR count). The summed E-state index contributed by atoms with van der Waals surface area (Å²) in [5, 5.41) is 7.89. The van der Waals surface area contributed by atoms with E-state index in [0.717, 1.165) is 0 Å². The van der Waals surface area contributed by atoms with Crippen molar-refractivity contribution in [3.8, 4) is 0 Å².